The van der Waals surface area contributed by atoms with E-state index >= 15 is 0 Å². The van der Waals surface area contributed by atoms with Crippen molar-refractivity contribution in [2.24, 2.45) is 0 Å². The van der Waals surface area contributed by atoms with Gasteiger partial charge in [-0.1, -0.05) is 11.6 Å². The second-order valence-corrected chi connectivity index (χ2v) is 5.88. The predicted octanol–water partition coefficient (Wildman–Crippen LogP) is 2.65. The Bertz CT molecular complexity index is 701. The monoisotopic (exact) mass is 324 g/mol. The zero-order chi connectivity index (χ0) is 15.0. The van der Waals surface area contributed by atoms with Crippen molar-refractivity contribution in [2.75, 3.05) is 18.0 Å². The molecular formula is C14H14Cl2N4O. The maximum absolute atomic E-state index is 11.2. The molecule has 0 radical (unpaired) electrons. The molecule has 2 heterocycles. The molecule has 21 heavy (non-hydrogen) atoms. The molecule has 1 aromatic heterocycles. The SMILES string of the molecule is CC(=O)NC1CCN(c2nc(Cl)nc3cc(Cl)ccc23)C1. The summed E-state index contributed by atoms with van der Waals surface area (Å²) in [6.07, 6.45) is 0.885. The van der Waals surface area contributed by atoms with Crippen LogP contribution in [-0.4, -0.2) is 35.0 Å². The van der Waals surface area contributed by atoms with Gasteiger partial charge in [-0.15, -0.1) is 0 Å². The second kappa shape index (κ2) is 5.66. The first-order valence-corrected chi connectivity index (χ1v) is 7.43. The van der Waals surface area contributed by atoms with E-state index in [9.17, 15) is 4.79 Å². The number of halogens is 2. The van der Waals surface area contributed by atoms with Crippen molar-refractivity contribution >= 4 is 45.8 Å². The molecule has 0 saturated carbocycles. The molecule has 1 fully saturated rings. The van der Waals surface area contributed by atoms with Gasteiger partial charge in [-0.3, -0.25) is 4.79 Å². The highest BCUT2D eigenvalue weighted by Crippen LogP contribution is 2.29. The van der Waals surface area contributed by atoms with Gasteiger partial charge in [-0.2, -0.15) is 4.98 Å². The van der Waals surface area contributed by atoms with Crippen LogP contribution >= 0.6 is 23.2 Å². The molecule has 1 unspecified atom stereocenters. The van der Waals surface area contributed by atoms with E-state index in [1.165, 1.54) is 6.92 Å². The number of amides is 1. The molecule has 1 atom stereocenters. The number of hydrogen-bond acceptors (Lipinski definition) is 4. The molecule has 1 saturated heterocycles. The average molecular weight is 325 g/mol. The summed E-state index contributed by atoms with van der Waals surface area (Å²) in [7, 11) is 0. The first kappa shape index (κ1) is 14.4. The summed E-state index contributed by atoms with van der Waals surface area (Å²) < 4.78 is 0. The van der Waals surface area contributed by atoms with Crippen molar-refractivity contribution in [3.05, 3.63) is 28.5 Å². The quantitative estimate of drug-likeness (QED) is 0.863. The number of hydrogen-bond donors (Lipinski definition) is 1. The van der Waals surface area contributed by atoms with Crippen LogP contribution in [0.2, 0.25) is 10.3 Å². The van der Waals surface area contributed by atoms with Crippen LogP contribution in [-0.2, 0) is 4.79 Å². The van der Waals surface area contributed by atoms with Gasteiger partial charge in [0.15, 0.2) is 0 Å². The molecule has 110 valence electrons. The third-order valence-corrected chi connectivity index (χ3v) is 3.91. The number of carbonyl (C=O) groups is 1. The van der Waals surface area contributed by atoms with Crippen LogP contribution in [0.15, 0.2) is 18.2 Å². The summed E-state index contributed by atoms with van der Waals surface area (Å²) in [6.45, 7) is 3.06. The van der Waals surface area contributed by atoms with Gasteiger partial charge in [0.05, 0.1) is 5.52 Å². The van der Waals surface area contributed by atoms with E-state index < -0.39 is 0 Å². The van der Waals surface area contributed by atoms with Crippen LogP contribution in [0.4, 0.5) is 5.82 Å². The van der Waals surface area contributed by atoms with Gasteiger partial charge < -0.3 is 10.2 Å². The fourth-order valence-electron chi connectivity index (χ4n) is 2.66. The number of anilines is 1. The number of nitrogens with zero attached hydrogens (tertiary/aromatic N) is 3. The summed E-state index contributed by atoms with van der Waals surface area (Å²) >= 11 is 12.0. The summed E-state index contributed by atoms with van der Waals surface area (Å²) in [5.74, 6) is 0.772. The Balaban J connectivity index is 1.95. The molecule has 5 nitrogen and oxygen atoms in total. The largest absolute Gasteiger partial charge is 0.354 e. The van der Waals surface area contributed by atoms with Crippen molar-refractivity contribution < 1.29 is 4.79 Å². The molecule has 1 N–H and O–H groups in total. The van der Waals surface area contributed by atoms with Crippen LogP contribution in [0.1, 0.15) is 13.3 Å². The minimum Gasteiger partial charge on any atom is -0.354 e. The molecule has 0 spiro atoms. The van der Waals surface area contributed by atoms with Crippen LogP contribution in [0.25, 0.3) is 10.9 Å². The van der Waals surface area contributed by atoms with Gasteiger partial charge in [0.2, 0.25) is 11.2 Å². The smallest absolute Gasteiger partial charge is 0.224 e. The van der Waals surface area contributed by atoms with Crippen molar-refractivity contribution in [3.8, 4) is 0 Å². The van der Waals surface area contributed by atoms with Crippen LogP contribution in [0.3, 0.4) is 0 Å². The second-order valence-electron chi connectivity index (χ2n) is 5.11. The van der Waals surface area contributed by atoms with E-state index in [0.717, 1.165) is 29.7 Å². The number of rotatable bonds is 2. The number of fused-ring (bicyclic) bond motifs is 1. The summed E-state index contributed by atoms with van der Waals surface area (Å²) in [5.41, 5.74) is 0.723. The van der Waals surface area contributed by atoms with Crippen molar-refractivity contribution in [2.45, 2.75) is 19.4 Å². The Morgan fingerprint density at radius 3 is 2.95 bits per heavy atom. The molecule has 3 rings (SSSR count). The lowest BCUT2D eigenvalue weighted by Crippen LogP contribution is -2.35. The molecule has 1 aliphatic rings. The van der Waals surface area contributed by atoms with Crippen LogP contribution in [0, 0.1) is 0 Å². The fraction of sp³-hybridized carbons (Fsp3) is 0.357. The molecule has 0 aliphatic carbocycles. The van der Waals surface area contributed by atoms with E-state index in [1.807, 2.05) is 12.1 Å². The number of nitrogens with one attached hydrogen (secondary N) is 1. The molecule has 1 aliphatic heterocycles. The number of aromatic nitrogens is 2. The van der Waals surface area contributed by atoms with Gasteiger partial charge in [0.25, 0.3) is 0 Å². The lowest BCUT2D eigenvalue weighted by molar-refractivity contribution is -0.119. The zero-order valence-electron chi connectivity index (χ0n) is 11.4. The normalized spacial score (nSPS) is 18.2. The van der Waals surface area contributed by atoms with E-state index in [-0.39, 0.29) is 17.2 Å². The maximum atomic E-state index is 11.2. The van der Waals surface area contributed by atoms with E-state index in [0.29, 0.717) is 11.6 Å². The average Bonchev–Trinajstić information content (AvgIpc) is 2.84. The Hall–Kier alpha value is -1.59. The molecule has 1 amide bonds. The molecule has 2 aromatic rings. The number of benzene rings is 1. The van der Waals surface area contributed by atoms with E-state index in [2.05, 4.69) is 20.2 Å². The van der Waals surface area contributed by atoms with Gasteiger partial charge >= 0.3 is 0 Å². The molecule has 0 bridgehead atoms. The lowest BCUT2D eigenvalue weighted by Gasteiger charge is -2.19. The van der Waals surface area contributed by atoms with Gasteiger partial charge in [0, 0.05) is 36.5 Å². The van der Waals surface area contributed by atoms with Crippen molar-refractivity contribution in [1.29, 1.82) is 0 Å². The topological polar surface area (TPSA) is 58.1 Å². The summed E-state index contributed by atoms with van der Waals surface area (Å²) in [6, 6.07) is 5.62. The predicted molar refractivity (Wildman–Crippen MR) is 84.0 cm³/mol. The fourth-order valence-corrected chi connectivity index (χ4v) is 2.99. The zero-order valence-corrected chi connectivity index (χ0v) is 12.9. The van der Waals surface area contributed by atoms with Crippen LogP contribution < -0.4 is 10.2 Å². The van der Waals surface area contributed by atoms with Gasteiger partial charge in [0.1, 0.15) is 5.82 Å². The minimum atomic E-state index is -0.0146. The Labute approximate surface area is 132 Å². The summed E-state index contributed by atoms with van der Waals surface area (Å²) in [5, 5.41) is 4.65. The van der Waals surface area contributed by atoms with Gasteiger partial charge in [-0.05, 0) is 36.2 Å². The third kappa shape index (κ3) is 3.04. The van der Waals surface area contributed by atoms with Crippen LogP contribution in [0.5, 0.6) is 0 Å². The first-order valence-electron chi connectivity index (χ1n) is 6.68. The van der Waals surface area contributed by atoms with Crippen molar-refractivity contribution in [1.82, 2.24) is 15.3 Å². The Morgan fingerprint density at radius 1 is 1.38 bits per heavy atom. The first-order chi connectivity index (χ1) is 10.0. The van der Waals surface area contributed by atoms with Gasteiger partial charge in [-0.25, -0.2) is 4.98 Å². The minimum absolute atomic E-state index is 0.0146. The molecular weight excluding hydrogens is 311 g/mol. The maximum Gasteiger partial charge on any atom is 0.224 e. The standard InChI is InChI=1S/C14H14Cl2N4O/c1-8(21)17-10-4-5-20(7-10)13-11-3-2-9(15)6-12(11)18-14(16)19-13/h2-3,6,10H,4-5,7H2,1H3,(H,17,21). The lowest BCUT2D eigenvalue weighted by atomic mass is 10.2. The number of carbonyl (C=O) groups excluding carboxylic acids is 1. The van der Waals surface area contributed by atoms with E-state index in [4.69, 9.17) is 23.2 Å². The molecule has 1 aromatic carbocycles. The Morgan fingerprint density at radius 2 is 2.19 bits per heavy atom. The highest BCUT2D eigenvalue weighted by molar-refractivity contribution is 6.31. The Kier molecular flexibility index (Phi) is 3.87. The van der Waals surface area contributed by atoms with Crippen molar-refractivity contribution in [3.63, 3.8) is 0 Å². The highest BCUT2D eigenvalue weighted by Gasteiger charge is 2.25. The summed E-state index contributed by atoms with van der Waals surface area (Å²) in [4.78, 5) is 21.8. The highest BCUT2D eigenvalue weighted by atomic mass is 35.5. The van der Waals surface area contributed by atoms with E-state index in [1.54, 1.807) is 6.07 Å². The molecule has 7 heteroatoms. The third-order valence-electron chi connectivity index (χ3n) is 3.51.